The van der Waals surface area contributed by atoms with Crippen molar-refractivity contribution in [1.82, 2.24) is 14.8 Å². The van der Waals surface area contributed by atoms with Gasteiger partial charge in [0.25, 0.3) is 0 Å². The molecule has 2 aliphatic rings. The zero-order valence-electron chi connectivity index (χ0n) is 17.3. The van der Waals surface area contributed by atoms with Gasteiger partial charge in [-0.15, -0.1) is 0 Å². The van der Waals surface area contributed by atoms with Crippen molar-refractivity contribution < 1.29 is 9.53 Å². The molecule has 150 valence electrons. The van der Waals surface area contributed by atoms with Gasteiger partial charge in [0.1, 0.15) is 5.60 Å². The highest BCUT2D eigenvalue weighted by Gasteiger charge is 2.47. The molecular weight excluding hydrogens is 350 g/mol. The molecule has 2 aliphatic heterocycles. The highest BCUT2D eigenvalue weighted by atomic mass is 16.6. The van der Waals surface area contributed by atoms with Crippen molar-refractivity contribution in [3.05, 3.63) is 41.6 Å². The monoisotopic (exact) mass is 381 g/mol. The van der Waals surface area contributed by atoms with Gasteiger partial charge in [-0.2, -0.15) is 0 Å². The summed E-state index contributed by atoms with van der Waals surface area (Å²) in [6, 6.07) is 8.85. The van der Waals surface area contributed by atoms with Crippen LogP contribution in [0.2, 0.25) is 0 Å². The maximum Gasteiger partial charge on any atom is 0.410 e. The lowest BCUT2D eigenvalue weighted by atomic mass is 9.90. The van der Waals surface area contributed by atoms with Crippen LogP contribution in [0.3, 0.4) is 0 Å². The molecule has 3 heterocycles. The summed E-state index contributed by atoms with van der Waals surface area (Å²) in [6.45, 7) is 9.99. The topological polar surface area (TPSA) is 45.7 Å². The number of piperidine rings is 1. The third-order valence-electron chi connectivity index (χ3n) is 6.46. The zero-order valence-corrected chi connectivity index (χ0v) is 17.3. The van der Waals surface area contributed by atoms with Gasteiger partial charge in [-0.05, 0) is 37.5 Å². The summed E-state index contributed by atoms with van der Waals surface area (Å²) in [4.78, 5) is 21.4. The molecular formula is C23H31N3O2. The number of aryl methyl sites for hydroxylation is 1. The summed E-state index contributed by atoms with van der Waals surface area (Å²) >= 11 is 0. The number of aromatic nitrogens is 1. The van der Waals surface area contributed by atoms with Crippen LogP contribution in [0.15, 0.2) is 30.5 Å². The van der Waals surface area contributed by atoms with E-state index in [2.05, 4.69) is 48.9 Å². The fourth-order valence-corrected chi connectivity index (χ4v) is 4.69. The Bertz CT molecular complexity index is 858. The highest BCUT2D eigenvalue weighted by molar-refractivity contribution is 5.84. The average molecular weight is 382 g/mol. The van der Waals surface area contributed by atoms with Gasteiger partial charge in [0.2, 0.25) is 0 Å². The first-order valence-electron chi connectivity index (χ1n) is 10.6. The average Bonchev–Trinajstić information content (AvgIpc) is 3.02. The first-order chi connectivity index (χ1) is 13.5. The molecule has 0 aliphatic carbocycles. The number of benzene rings is 1. The quantitative estimate of drug-likeness (QED) is 0.764. The van der Waals surface area contributed by atoms with Gasteiger partial charge in [-0.3, -0.25) is 9.88 Å². The van der Waals surface area contributed by atoms with E-state index in [1.807, 2.05) is 17.2 Å². The molecule has 28 heavy (non-hydrogen) atoms. The minimum atomic E-state index is -0.285. The second-order valence-corrected chi connectivity index (χ2v) is 8.53. The van der Waals surface area contributed by atoms with Crippen LogP contribution >= 0.6 is 0 Å². The Morgan fingerprint density at radius 3 is 2.79 bits per heavy atom. The van der Waals surface area contributed by atoms with Crippen LogP contribution < -0.4 is 0 Å². The maximum atomic E-state index is 12.4. The first-order valence-corrected chi connectivity index (χ1v) is 10.6. The SMILES string of the molecule is CCC[C@@H](C)N1CC2(CCN(Cc3ccc(C)c4ncccc34)CC2)OC1=O. The molecule has 1 atom stereocenters. The van der Waals surface area contributed by atoms with E-state index in [-0.39, 0.29) is 17.7 Å². The Hall–Kier alpha value is -2.14. The van der Waals surface area contributed by atoms with Crippen LogP contribution in [0, 0.1) is 6.92 Å². The summed E-state index contributed by atoms with van der Waals surface area (Å²) in [5.41, 5.74) is 3.35. The van der Waals surface area contributed by atoms with E-state index < -0.39 is 0 Å². The molecule has 5 heteroatoms. The second kappa shape index (κ2) is 7.70. The fourth-order valence-electron chi connectivity index (χ4n) is 4.69. The van der Waals surface area contributed by atoms with Crippen LogP contribution in [0.4, 0.5) is 4.79 Å². The Morgan fingerprint density at radius 1 is 1.25 bits per heavy atom. The highest BCUT2D eigenvalue weighted by Crippen LogP contribution is 2.35. The lowest BCUT2D eigenvalue weighted by Crippen LogP contribution is -2.47. The van der Waals surface area contributed by atoms with Gasteiger partial charge in [-0.25, -0.2) is 4.79 Å². The van der Waals surface area contributed by atoms with Crippen LogP contribution in [-0.2, 0) is 11.3 Å². The molecule has 0 saturated carbocycles. The summed E-state index contributed by atoms with van der Waals surface area (Å²) in [5, 5.41) is 1.25. The first kappa shape index (κ1) is 19.2. The lowest BCUT2D eigenvalue weighted by Gasteiger charge is -2.37. The number of hydrogen-bond acceptors (Lipinski definition) is 4. The number of nitrogens with zero attached hydrogens (tertiary/aromatic N) is 3. The lowest BCUT2D eigenvalue weighted by molar-refractivity contribution is -0.00123. The Balaban J connectivity index is 1.42. The number of hydrogen-bond donors (Lipinski definition) is 0. The van der Waals surface area contributed by atoms with Crippen LogP contribution in [-0.4, -0.2) is 52.2 Å². The molecule has 2 fully saturated rings. The van der Waals surface area contributed by atoms with Crippen molar-refractivity contribution in [3.63, 3.8) is 0 Å². The van der Waals surface area contributed by atoms with Gasteiger partial charge < -0.3 is 9.64 Å². The van der Waals surface area contributed by atoms with Crippen molar-refractivity contribution in [2.24, 2.45) is 0 Å². The smallest absolute Gasteiger partial charge is 0.410 e. The number of pyridine rings is 1. The van der Waals surface area contributed by atoms with E-state index in [4.69, 9.17) is 4.74 Å². The molecule has 1 amide bonds. The normalized spacial score (nSPS) is 20.7. The van der Waals surface area contributed by atoms with E-state index in [0.29, 0.717) is 0 Å². The van der Waals surface area contributed by atoms with Gasteiger partial charge in [0, 0.05) is 50.1 Å². The van der Waals surface area contributed by atoms with Crippen molar-refractivity contribution >= 4 is 17.0 Å². The van der Waals surface area contributed by atoms with Crippen LogP contribution in [0.5, 0.6) is 0 Å². The van der Waals surface area contributed by atoms with Gasteiger partial charge in [0.15, 0.2) is 0 Å². The predicted molar refractivity (Wildman–Crippen MR) is 111 cm³/mol. The molecule has 1 aromatic heterocycles. The largest absolute Gasteiger partial charge is 0.441 e. The Kier molecular flexibility index (Phi) is 5.28. The molecule has 4 rings (SSSR count). The molecule has 0 bridgehead atoms. The second-order valence-electron chi connectivity index (χ2n) is 8.53. The van der Waals surface area contributed by atoms with Crippen molar-refractivity contribution in [3.8, 4) is 0 Å². The zero-order chi connectivity index (χ0) is 19.7. The molecule has 0 unspecified atom stereocenters. The number of likely N-dealkylation sites (tertiary alicyclic amines) is 1. The minimum Gasteiger partial charge on any atom is -0.441 e. The van der Waals surface area contributed by atoms with Crippen LogP contribution in [0.1, 0.15) is 50.7 Å². The number of ether oxygens (including phenoxy) is 1. The predicted octanol–water partition coefficient (Wildman–Crippen LogP) is 4.52. The van der Waals surface area contributed by atoms with E-state index in [1.54, 1.807) is 0 Å². The summed E-state index contributed by atoms with van der Waals surface area (Å²) in [6.07, 6.45) is 5.69. The van der Waals surface area contributed by atoms with E-state index >= 15 is 0 Å². The Morgan fingerprint density at radius 2 is 2.04 bits per heavy atom. The number of fused-ring (bicyclic) bond motifs is 1. The molecule has 2 saturated heterocycles. The summed E-state index contributed by atoms with van der Waals surface area (Å²) < 4.78 is 5.90. The number of rotatable bonds is 5. The van der Waals surface area contributed by atoms with E-state index in [9.17, 15) is 4.79 Å². The van der Waals surface area contributed by atoms with Gasteiger partial charge in [0.05, 0.1) is 12.1 Å². The van der Waals surface area contributed by atoms with Crippen molar-refractivity contribution in [1.29, 1.82) is 0 Å². The minimum absolute atomic E-state index is 0.120. The van der Waals surface area contributed by atoms with Gasteiger partial charge in [-0.1, -0.05) is 31.5 Å². The fraction of sp³-hybridized carbons (Fsp3) is 0.565. The van der Waals surface area contributed by atoms with Gasteiger partial charge >= 0.3 is 6.09 Å². The molecule has 0 N–H and O–H groups in total. The third kappa shape index (κ3) is 3.60. The Labute approximate surface area is 167 Å². The molecule has 1 spiro atoms. The molecule has 0 radical (unpaired) electrons. The summed E-state index contributed by atoms with van der Waals surface area (Å²) in [7, 11) is 0. The number of amides is 1. The van der Waals surface area contributed by atoms with E-state index in [1.165, 1.54) is 16.5 Å². The number of carbonyl (C=O) groups is 1. The molecule has 2 aromatic rings. The molecule has 1 aromatic carbocycles. The van der Waals surface area contributed by atoms with Crippen molar-refractivity contribution in [2.75, 3.05) is 19.6 Å². The summed E-state index contributed by atoms with van der Waals surface area (Å²) in [5.74, 6) is 0. The number of carbonyl (C=O) groups excluding carboxylic acids is 1. The van der Waals surface area contributed by atoms with Crippen LogP contribution in [0.25, 0.3) is 10.9 Å². The third-order valence-corrected chi connectivity index (χ3v) is 6.46. The maximum absolute atomic E-state index is 12.4. The van der Waals surface area contributed by atoms with E-state index in [0.717, 1.165) is 57.4 Å². The van der Waals surface area contributed by atoms with Crippen molar-refractivity contribution in [2.45, 2.75) is 64.6 Å². The standard InChI is InChI=1S/C23H31N3O2/c1-4-6-18(3)26-16-23(28-22(26)27)10-13-25(14-11-23)15-19-9-8-17(2)21-20(19)7-5-12-24-21/h5,7-9,12,18H,4,6,10-11,13-16H2,1-3H3/t18-/m1/s1. The molecule has 5 nitrogen and oxygen atoms in total.